The van der Waals surface area contributed by atoms with Gasteiger partial charge in [-0.05, 0) is 101 Å². The highest BCUT2D eigenvalue weighted by Crippen LogP contribution is 2.46. The van der Waals surface area contributed by atoms with E-state index in [1.54, 1.807) is 39.1 Å². The number of carbonyl (C=O) groups excluding carboxylic acids is 4. The number of aliphatic hydroxyl groups is 2. The van der Waals surface area contributed by atoms with Gasteiger partial charge in [-0.3, -0.25) is 19.2 Å². The maximum atomic E-state index is 14.6. The standard InChI is InChI=1S/C49H74FN5O11S/c1-12-41-49(9,61)39-18-15-37(57)19-21-48(8,25-28(2)42(30(39)4)51-33(7)56)45(31(5)43(58)32(6)46(60)65-41)66-47-44(59)40(23-29(3)64-47)54(10)22-20-35-27-55(53-52-35)36(26-50)24-34-13-16-38(17-14-34)67(11,62)63/h13-14,16-17,27-32,36,39-41,44-45,47,59,61H,12,15,18-26H2,1-11H3/b51-42+/t28-,29-,30-,31+,32-,36+,39-,40+,41-,44-,45-,47+,48-,49+/m1/s1. The Balaban J connectivity index is 1.43. The fraction of sp³-hybridized carbons (Fsp3) is 0.735. The molecule has 2 bridgehead atoms. The summed E-state index contributed by atoms with van der Waals surface area (Å²) < 4.78 is 58.9. The van der Waals surface area contributed by atoms with Crippen molar-refractivity contribution < 1.29 is 56.4 Å². The second kappa shape index (κ2) is 22.3. The Bertz CT molecular complexity index is 2200. The Hall–Kier alpha value is -3.81. The molecule has 16 nitrogen and oxygen atoms in total. The molecule has 5 rings (SSSR count). The van der Waals surface area contributed by atoms with Crippen LogP contribution in [0.3, 0.4) is 0 Å². The molecule has 3 fully saturated rings. The van der Waals surface area contributed by atoms with Gasteiger partial charge in [-0.25, -0.2) is 22.5 Å². The van der Waals surface area contributed by atoms with Crippen molar-refractivity contribution in [1.82, 2.24) is 19.9 Å². The Morgan fingerprint density at radius 2 is 1.76 bits per heavy atom. The van der Waals surface area contributed by atoms with Crippen molar-refractivity contribution >= 4 is 39.0 Å². The van der Waals surface area contributed by atoms with E-state index in [0.717, 1.165) is 11.8 Å². The third-order valence-electron chi connectivity index (χ3n) is 14.9. The first-order chi connectivity index (χ1) is 31.3. The third kappa shape index (κ3) is 12.9. The number of Topliss-reactive ketones (excluding diaryl/α,β-unsaturated/α-hetero) is 2. The van der Waals surface area contributed by atoms with Gasteiger partial charge in [-0.2, -0.15) is 0 Å². The molecular formula is C49H74FN5O11S. The van der Waals surface area contributed by atoms with Crippen LogP contribution in [0, 0.1) is 35.0 Å². The van der Waals surface area contributed by atoms with Gasteiger partial charge in [0.05, 0.1) is 28.8 Å². The Morgan fingerprint density at radius 3 is 2.37 bits per heavy atom. The number of aliphatic hydroxyl groups excluding tert-OH is 1. The monoisotopic (exact) mass is 960 g/mol. The number of esters is 1. The SMILES string of the molecule is CC[C@H]1OC(=O)[C@H](C)C(=O)[C@H](C)[C@@H](O[C@@H]2O[C@H](C)C[C@H](N(C)CCc3cn([C@H](CF)Cc4ccc(S(C)(=O)=O)cc4)nn3)[C@H]2O)[C@]2(C)CCC(=O)CC[C@H]([C@@H](C)/C(=N/C(C)=O)[C@H](C)C2)[C@]1(C)O. The Labute approximate surface area is 395 Å². The summed E-state index contributed by atoms with van der Waals surface area (Å²) in [6.45, 7) is 15.3. The quantitative estimate of drug-likeness (QED) is 0.199. The van der Waals surface area contributed by atoms with Gasteiger partial charge in [-0.15, -0.1) is 5.10 Å². The molecule has 2 saturated heterocycles. The van der Waals surface area contributed by atoms with Crippen LogP contribution in [0.2, 0.25) is 0 Å². The first-order valence-corrected chi connectivity index (χ1v) is 25.7. The first kappa shape index (κ1) is 54.1. The van der Waals surface area contributed by atoms with Crippen LogP contribution in [0.4, 0.5) is 4.39 Å². The van der Waals surface area contributed by atoms with Crippen molar-refractivity contribution in [3.05, 3.63) is 41.7 Å². The van der Waals surface area contributed by atoms with Crippen LogP contribution in [-0.2, 0) is 56.1 Å². The van der Waals surface area contributed by atoms with Crippen molar-refractivity contribution in [2.45, 2.75) is 173 Å². The van der Waals surface area contributed by atoms with Gasteiger partial charge in [0.15, 0.2) is 21.9 Å². The molecule has 0 radical (unpaired) electrons. The molecule has 1 aromatic carbocycles. The van der Waals surface area contributed by atoms with E-state index >= 15 is 0 Å². The molecule has 2 N–H and O–H groups in total. The molecule has 3 aliphatic rings. The van der Waals surface area contributed by atoms with Crippen molar-refractivity contribution in [3.63, 3.8) is 0 Å². The van der Waals surface area contributed by atoms with E-state index in [2.05, 4.69) is 15.3 Å². The second-order valence-corrected chi connectivity index (χ2v) is 22.3. The van der Waals surface area contributed by atoms with Gasteiger partial charge in [0.25, 0.3) is 0 Å². The molecule has 14 atom stereocenters. The molecule has 0 unspecified atom stereocenters. The molecule has 1 amide bonds. The highest BCUT2D eigenvalue weighted by Gasteiger charge is 2.52. The molecule has 67 heavy (non-hydrogen) atoms. The number of aliphatic imine (C=N–C) groups is 1. The van der Waals surface area contributed by atoms with E-state index in [1.165, 1.54) is 30.7 Å². The topological polar surface area (TPSA) is 217 Å². The van der Waals surface area contributed by atoms with Crippen LogP contribution in [0.5, 0.6) is 0 Å². The van der Waals surface area contributed by atoms with Crippen LogP contribution in [0.1, 0.15) is 125 Å². The summed E-state index contributed by atoms with van der Waals surface area (Å²) >= 11 is 0. The van der Waals surface area contributed by atoms with E-state index in [1.807, 2.05) is 39.6 Å². The number of benzene rings is 1. The fourth-order valence-electron chi connectivity index (χ4n) is 10.9. The zero-order chi connectivity index (χ0) is 49.8. The average Bonchev–Trinajstić information content (AvgIpc) is 3.74. The molecule has 3 heterocycles. The number of amides is 1. The molecular weight excluding hydrogens is 886 g/mol. The number of ketones is 2. The number of nitrogens with zero attached hydrogens (tertiary/aromatic N) is 5. The number of cyclic esters (lactones) is 1. The van der Waals surface area contributed by atoms with Gasteiger partial charge < -0.3 is 29.3 Å². The lowest BCUT2D eigenvalue weighted by molar-refractivity contribution is -0.287. The van der Waals surface area contributed by atoms with E-state index in [0.29, 0.717) is 37.2 Å². The summed E-state index contributed by atoms with van der Waals surface area (Å²) in [4.78, 5) is 61.8. The predicted octanol–water partition coefficient (Wildman–Crippen LogP) is 5.50. The summed E-state index contributed by atoms with van der Waals surface area (Å²) in [5, 5.41) is 33.0. The second-order valence-electron chi connectivity index (χ2n) is 20.3. The van der Waals surface area contributed by atoms with E-state index in [-0.39, 0.29) is 49.2 Å². The van der Waals surface area contributed by atoms with Crippen LogP contribution in [0.25, 0.3) is 0 Å². The lowest BCUT2D eigenvalue weighted by Gasteiger charge is -2.48. The maximum absolute atomic E-state index is 14.6. The number of fused-ring (bicyclic) bond motifs is 5. The molecule has 1 saturated carbocycles. The largest absolute Gasteiger partial charge is 0.459 e. The number of alkyl halides is 1. The van der Waals surface area contributed by atoms with Gasteiger partial charge >= 0.3 is 5.97 Å². The van der Waals surface area contributed by atoms with Gasteiger partial charge in [0, 0.05) is 68.8 Å². The lowest BCUT2D eigenvalue weighted by atomic mass is 9.65. The molecule has 18 heteroatoms. The minimum absolute atomic E-state index is 0.0458. The number of carbonyl (C=O) groups is 4. The van der Waals surface area contributed by atoms with Gasteiger partial charge in [-0.1, -0.05) is 52.0 Å². The summed E-state index contributed by atoms with van der Waals surface area (Å²) in [5.41, 5.74) is -0.735. The number of halogens is 1. The fourth-order valence-corrected chi connectivity index (χ4v) is 11.6. The summed E-state index contributed by atoms with van der Waals surface area (Å²) in [5.74, 6) is -5.50. The highest BCUT2D eigenvalue weighted by molar-refractivity contribution is 7.90. The number of hydrogen-bond acceptors (Lipinski definition) is 14. The maximum Gasteiger partial charge on any atom is 0.316 e. The van der Waals surface area contributed by atoms with Gasteiger partial charge in [0.2, 0.25) is 5.91 Å². The van der Waals surface area contributed by atoms with E-state index in [9.17, 15) is 42.2 Å². The third-order valence-corrected chi connectivity index (χ3v) is 16.0. The number of hydrogen-bond donors (Lipinski definition) is 2. The smallest absolute Gasteiger partial charge is 0.316 e. The number of aromatic nitrogens is 3. The van der Waals surface area contributed by atoms with Gasteiger partial charge in [0.1, 0.15) is 36.2 Å². The molecule has 374 valence electrons. The zero-order valence-electron chi connectivity index (χ0n) is 41.2. The first-order valence-electron chi connectivity index (χ1n) is 23.8. The number of sulfone groups is 1. The van der Waals surface area contributed by atoms with Crippen molar-refractivity contribution in [3.8, 4) is 0 Å². The minimum atomic E-state index is -3.37. The Kier molecular flexibility index (Phi) is 18.0. The van der Waals surface area contributed by atoms with Crippen molar-refractivity contribution in [1.29, 1.82) is 0 Å². The van der Waals surface area contributed by atoms with Crippen LogP contribution < -0.4 is 0 Å². The van der Waals surface area contributed by atoms with Crippen LogP contribution in [0.15, 0.2) is 40.4 Å². The molecule has 1 aromatic heterocycles. The van der Waals surface area contributed by atoms with E-state index < -0.39 is 118 Å². The molecule has 1 aliphatic carbocycles. The molecule has 0 spiro atoms. The number of ether oxygens (including phenoxy) is 3. The van der Waals surface area contributed by atoms with Crippen LogP contribution >= 0.6 is 0 Å². The lowest BCUT2D eigenvalue weighted by Crippen LogP contribution is -2.58. The molecule has 2 aliphatic heterocycles. The molecule has 2 aromatic rings. The van der Waals surface area contributed by atoms with Crippen LogP contribution in [-0.4, -0.2) is 137 Å². The zero-order valence-corrected chi connectivity index (χ0v) is 42.0. The number of rotatable bonds is 12. The summed E-state index contributed by atoms with van der Waals surface area (Å²) in [7, 11) is -1.51. The van der Waals surface area contributed by atoms with Crippen molar-refractivity contribution in [2.24, 2.45) is 40.0 Å². The van der Waals surface area contributed by atoms with E-state index in [4.69, 9.17) is 14.2 Å². The minimum Gasteiger partial charge on any atom is -0.459 e. The average molecular weight is 960 g/mol. The summed E-state index contributed by atoms with van der Waals surface area (Å²) in [6.07, 6.45) is 0.372. The number of likely N-dealkylation sites (N-methyl/N-ethyl adjacent to an activating group) is 1. The summed E-state index contributed by atoms with van der Waals surface area (Å²) in [6, 6.07) is 5.18. The van der Waals surface area contributed by atoms with Crippen molar-refractivity contribution in [2.75, 3.05) is 26.5 Å². The highest BCUT2D eigenvalue weighted by atomic mass is 32.2. The normalized spacial score (nSPS) is 35.1. The Morgan fingerprint density at radius 1 is 1.09 bits per heavy atom. The predicted molar refractivity (Wildman–Crippen MR) is 249 cm³/mol.